The first-order valence-electron chi connectivity index (χ1n) is 9.53. The topological polar surface area (TPSA) is 139 Å². The van der Waals surface area contributed by atoms with Crippen molar-refractivity contribution in [3.8, 4) is 0 Å². The van der Waals surface area contributed by atoms with E-state index in [1.165, 1.54) is 6.92 Å². The average Bonchev–Trinajstić information content (AvgIpc) is 2.68. The molecule has 0 aromatic heterocycles. The third kappa shape index (κ3) is 11.0. The number of hydrogen-bond donors (Lipinski definition) is 3. The highest BCUT2D eigenvalue weighted by molar-refractivity contribution is 5.77. The molecule has 10 nitrogen and oxygen atoms in total. The largest absolute Gasteiger partial charge is 0.481 e. The van der Waals surface area contributed by atoms with Crippen molar-refractivity contribution in [3.63, 3.8) is 0 Å². The van der Waals surface area contributed by atoms with Crippen LogP contribution < -0.4 is 0 Å². The lowest BCUT2D eigenvalue weighted by atomic mass is 10.1. The van der Waals surface area contributed by atoms with Crippen LogP contribution in [0.3, 0.4) is 0 Å². The molecule has 1 rings (SSSR count). The van der Waals surface area contributed by atoms with Gasteiger partial charge in [-0.15, -0.1) is 0 Å². The fourth-order valence-corrected chi connectivity index (χ4v) is 3.01. The van der Waals surface area contributed by atoms with Crippen LogP contribution in [0.1, 0.15) is 33.6 Å². The molecule has 1 heterocycles. The number of rotatable bonds is 9. The molecule has 1 saturated heterocycles. The molecule has 10 heteroatoms. The molecular weight excluding hydrogens is 370 g/mol. The number of carbonyl (C=O) groups excluding carboxylic acids is 1. The zero-order chi connectivity index (χ0) is 21.7. The van der Waals surface area contributed by atoms with Crippen LogP contribution in [0.15, 0.2) is 0 Å². The van der Waals surface area contributed by atoms with E-state index >= 15 is 0 Å². The molecule has 28 heavy (non-hydrogen) atoms. The second-order valence-corrected chi connectivity index (χ2v) is 6.47. The fourth-order valence-electron chi connectivity index (χ4n) is 3.01. The number of carboxylic acid groups (broad SMARTS) is 3. The smallest absolute Gasteiger partial charge is 0.320 e. The Bertz CT molecular complexity index is 499. The van der Waals surface area contributed by atoms with E-state index in [0.29, 0.717) is 39.3 Å². The molecule has 0 amide bonds. The van der Waals surface area contributed by atoms with Gasteiger partial charge < -0.3 is 15.3 Å². The maximum atomic E-state index is 11.6. The van der Waals surface area contributed by atoms with Crippen molar-refractivity contribution in [2.45, 2.75) is 39.7 Å². The Balaban J connectivity index is 0.00000352. The molecule has 162 valence electrons. The number of nitrogens with zero attached hydrogens (tertiary/aromatic N) is 3. The van der Waals surface area contributed by atoms with Gasteiger partial charge in [-0.05, 0) is 13.3 Å². The summed E-state index contributed by atoms with van der Waals surface area (Å²) in [6.07, 6.45) is -0.292. The van der Waals surface area contributed by atoms with Crippen LogP contribution in [-0.4, -0.2) is 112 Å². The SMILES string of the molecule is CC.CC(=O)CN1CCN(CC(=O)O)CCN(C(CCC(=O)O)C(=O)O)CC1. The molecule has 0 aliphatic carbocycles. The molecule has 0 aromatic carbocycles. The van der Waals surface area contributed by atoms with Gasteiger partial charge in [0.2, 0.25) is 0 Å². The van der Waals surface area contributed by atoms with E-state index in [4.69, 9.17) is 10.2 Å². The Hall–Kier alpha value is -2.04. The predicted octanol–water partition coefficient (Wildman–Crippen LogP) is -0.0762. The molecule has 0 radical (unpaired) electrons. The predicted molar refractivity (Wildman–Crippen MR) is 102 cm³/mol. The van der Waals surface area contributed by atoms with Crippen LogP contribution in [-0.2, 0) is 19.2 Å². The van der Waals surface area contributed by atoms with E-state index < -0.39 is 23.9 Å². The summed E-state index contributed by atoms with van der Waals surface area (Å²) in [5.41, 5.74) is 0. The minimum atomic E-state index is -1.10. The molecular formula is C18H33N3O7. The second-order valence-electron chi connectivity index (χ2n) is 6.47. The second kappa shape index (κ2) is 14.0. The standard InChI is InChI=1S/C16H27N3O7.C2H6/c1-12(20)10-17-4-5-18(11-15(23)24)7-9-19(8-6-17)13(16(25)26)2-3-14(21)22;1-2/h13H,2-11H2,1H3,(H,21,22)(H,23,24)(H,25,26);1-2H3. The molecule has 1 fully saturated rings. The van der Waals surface area contributed by atoms with Crippen LogP contribution in [0.2, 0.25) is 0 Å². The molecule has 0 aromatic rings. The Morgan fingerprint density at radius 1 is 0.786 bits per heavy atom. The molecule has 1 aliphatic rings. The quantitative estimate of drug-likeness (QED) is 0.479. The fraction of sp³-hybridized carbons (Fsp3) is 0.778. The molecule has 3 N–H and O–H groups in total. The van der Waals surface area contributed by atoms with Crippen molar-refractivity contribution in [3.05, 3.63) is 0 Å². The maximum Gasteiger partial charge on any atom is 0.320 e. The third-order valence-electron chi connectivity index (χ3n) is 4.30. The molecule has 1 aliphatic heterocycles. The van der Waals surface area contributed by atoms with E-state index in [-0.39, 0.29) is 31.7 Å². The van der Waals surface area contributed by atoms with Crippen molar-refractivity contribution in [1.29, 1.82) is 0 Å². The zero-order valence-corrected chi connectivity index (χ0v) is 17.0. The van der Waals surface area contributed by atoms with Crippen LogP contribution >= 0.6 is 0 Å². The molecule has 0 spiro atoms. The Kier molecular flexibility index (Phi) is 13.0. The first-order valence-corrected chi connectivity index (χ1v) is 9.53. The molecule has 0 saturated carbocycles. The van der Waals surface area contributed by atoms with Crippen LogP contribution in [0, 0.1) is 0 Å². The van der Waals surface area contributed by atoms with E-state index in [1.807, 2.05) is 18.7 Å². The van der Waals surface area contributed by atoms with Crippen LogP contribution in [0.25, 0.3) is 0 Å². The lowest BCUT2D eigenvalue weighted by molar-refractivity contribution is -0.145. The highest BCUT2D eigenvalue weighted by Crippen LogP contribution is 2.11. The maximum absolute atomic E-state index is 11.6. The lowest BCUT2D eigenvalue weighted by Crippen LogP contribution is -2.47. The first-order chi connectivity index (χ1) is 13.2. The van der Waals surface area contributed by atoms with E-state index in [0.717, 1.165) is 0 Å². The monoisotopic (exact) mass is 403 g/mol. The van der Waals surface area contributed by atoms with Gasteiger partial charge in [0.05, 0.1) is 13.1 Å². The Morgan fingerprint density at radius 3 is 1.64 bits per heavy atom. The number of carboxylic acids is 3. The van der Waals surface area contributed by atoms with Gasteiger partial charge >= 0.3 is 17.9 Å². The van der Waals surface area contributed by atoms with Gasteiger partial charge in [-0.1, -0.05) is 13.8 Å². The summed E-state index contributed by atoms with van der Waals surface area (Å²) in [4.78, 5) is 50.1. The Labute approximate surface area is 165 Å². The summed E-state index contributed by atoms with van der Waals surface area (Å²) in [6, 6.07) is -0.963. The highest BCUT2D eigenvalue weighted by atomic mass is 16.4. The first kappa shape index (κ1) is 26.0. The number of Topliss-reactive ketones (excluding diaryl/α,β-unsaturated/α-hetero) is 1. The van der Waals surface area contributed by atoms with Crippen molar-refractivity contribution >= 4 is 23.7 Å². The summed E-state index contributed by atoms with van der Waals surface area (Å²) in [7, 11) is 0. The summed E-state index contributed by atoms with van der Waals surface area (Å²) < 4.78 is 0. The van der Waals surface area contributed by atoms with E-state index in [2.05, 4.69) is 0 Å². The highest BCUT2D eigenvalue weighted by Gasteiger charge is 2.28. The van der Waals surface area contributed by atoms with Gasteiger partial charge in [-0.2, -0.15) is 0 Å². The summed E-state index contributed by atoms with van der Waals surface area (Å²) in [5, 5.41) is 27.4. The average molecular weight is 403 g/mol. The molecule has 1 atom stereocenters. The number of aliphatic carboxylic acids is 3. The van der Waals surface area contributed by atoms with Gasteiger partial charge in [0.15, 0.2) is 0 Å². The van der Waals surface area contributed by atoms with Crippen molar-refractivity contribution in [2.75, 3.05) is 52.4 Å². The lowest BCUT2D eigenvalue weighted by Gasteiger charge is -2.30. The molecule has 1 unspecified atom stereocenters. The minimum absolute atomic E-state index is 0.0266. The van der Waals surface area contributed by atoms with Gasteiger partial charge in [-0.3, -0.25) is 33.9 Å². The minimum Gasteiger partial charge on any atom is -0.481 e. The summed E-state index contributed by atoms with van der Waals surface area (Å²) in [5.74, 6) is -3.17. The van der Waals surface area contributed by atoms with Crippen molar-refractivity contribution < 1.29 is 34.5 Å². The normalized spacial score (nSPS) is 18.0. The molecule has 0 bridgehead atoms. The van der Waals surface area contributed by atoms with Gasteiger partial charge in [-0.25, -0.2) is 0 Å². The van der Waals surface area contributed by atoms with E-state index in [1.54, 1.807) is 9.80 Å². The van der Waals surface area contributed by atoms with Crippen LogP contribution in [0.4, 0.5) is 0 Å². The van der Waals surface area contributed by atoms with Crippen LogP contribution in [0.5, 0.6) is 0 Å². The number of hydrogen-bond acceptors (Lipinski definition) is 7. The van der Waals surface area contributed by atoms with Crippen molar-refractivity contribution in [1.82, 2.24) is 14.7 Å². The summed E-state index contributed by atoms with van der Waals surface area (Å²) >= 11 is 0. The number of ketones is 1. The number of carbonyl (C=O) groups is 4. The Morgan fingerprint density at radius 2 is 1.25 bits per heavy atom. The summed E-state index contributed by atoms with van der Waals surface area (Å²) in [6.45, 7) is 7.97. The van der Waals surface area contributed by atoms with Gasteiger partial charge in [0, 0.05) is 45.7 Å². The zero-order valence-electron chi connectivity index (χ0n) is 17.0. The van der Waals surface area contributed by atoms with Gasteiger partial charge in [0.25, 0.3) is 0 Å². The van der Waals surface area contributed by atoms with Gasteiger partial charge in [0.1, 0.15) is 11.8 Å². The third-order valence-corrected chi connectivity index (χ3v) is 4.30. The van der Waals surface area contributed by atoms with E-state index in [9.17, 15) is 24.3 Å². The van der Waals surface area contributed by atoms with Crippen molar-refractivity contribution in [2.24, 2.45) is 0 Å².